The predicted octanol–water partition coefficient (Wildman–Crippen LogP) is 1.96. The van der Waals surface area contributed by atoms with E-state index in [1.165, 1.54) is 0 Å². The van der Waals surface area contributed by atoms with Gasteiger partial charge in [-0.2, -0.15) is 0 Å². The standard InChI is InChI=1S/C24H23NO6/c1-13-11-18(20-16-9-6-10-17(16)24(29)31-19(20)12-13)30-14(2)22(26)25-21(23(27)28)15-7-4-3-5-8-15/h3-5,7-8,11-12,14,21H,6,9-10H2,1-2H3,(H,25,26)(H,27,28)/p-1/t14-,21+/m1/s1. The van der Waals surface area contributed by atoms with Gasteiger partial charge < -0.3 is 24.4 Å². The summed E-state index contributed by atoms with van der Waals surface area (Å²) in [5, 5.41) is 14.8. The number of benzene rings is 2. The van der Waals surface area contributed by atoms with Crippen molar-refractivity contribution in [2.24, 2.45) is 0 Å². The van der Waals surface area contributed by atoms with Gasteiger partial charge in [-0.15, -0.1) is 0 Å². The zero-order valence-corrected chi connectivity index (χ0v) is 17.3. The van der Waals surface area contributed by atoms with Gasteiger partial charge in [0.2, 0.25) is 0 Å². The van der Waals surface area contributed by atoms with Crippen LogP contribution in [0.25, 0.3) is 11.0 Å². The molecule has 0 saturated carbocycles. The zero-order valence-electron chi connectivity index (χ0n) is 17.3. The summed E-state index contributed by atoms with van der Waals surface area (Å²) in [6.07, 6.45) is 1.26. The van der Waals surface area contributed by atoms with Gasteiger partial charge in [0.1, 0.15) is 11.3 Å². The lowest BCUT2D eigenvalue weighted by molar-refractivity contribution is -0.308. The van der Waals surface area contributed by atoms with Crippen LogP contribution in [0.2, 0.25) is 0 Å². The largest absolute Gasteiger partial charge is 0.548 e. The SMILES string of the molecule is Cc1cc(O[C@H](C)C(=O)N[C@H](C(=O)[O-])c2ccccc2)c2c3c(c(=O)oc2c1)CCC3. The van der Waals surface area contributed by atoms with Gasteiger partial charge in [-0.25, -0.2) is 4.79 Å². The zero-order chi connectivity index (χ0) is 22.1. The van der Waals surface area contributed by atoms with Crippen molar-refractivity contribution in [2.75, 3.05) is 0 Å². The number of carbonyl (C=O) groups is 2. The molecule has 1 heterocycles. The minimum atomic E-state index is -1.41. The number of carboxylic acids is 1. The Kier molecular flexibility index (Phi) is 5.50. The Morgan fingerprint density at radius 2 is 1.84 bits per heavy atom. The van der Waals surface area contributed by atoms with Crippen LogP contribution in [-0.2, 0) is 22.4 Å². The number of hydrogen-bond donors (Lipinski definition) is 1. The molecule has 1 aliphatic rings. The van der Waals surface area contributed by atoms with Gasteiger partial charge >= 0.3 is 5.63 Å². The summed E-state index contributed by atoms with van der Waals surface area (Å²) in [4.78, 5) is 36.6. The van der Waals surface area contributed by atoms with Crippen LogP contribution >= 0.6 is 0 Å². The first-order valence-electron chi connectivity index (χ1n) is 10.2. The van der Waals surface area contributed by atoms with E-state index in [1.807, 2.05) is 6.92 Å². The van der Waals surface area contributed by atoms with E-state index >= 15 is 0 Å². The highest BCUT2D eigenvalue weighted by Gasteiger charge is 2.25. The molecule has 2 aromatic carbocycles. The van der Waals surface area contributed by atoms with Gasteiger partial charge in [0.15, 0.2) is 6.10 Å². The molecule has 2 atom stereocenters. The fraction of sp³-hybridized carbons (Fsp3) is 0.292. The van der Waals surface area contributed by atoms with Gasteiger partial charge in [-0.3, -0.25) is 4.79 Å². The number of carboxylic acid groups (broad SMARTS) is 1. The quantitative estimate of drug-likeness (QED) is 0.611. The maximum atomic E-state index is 12.7. The molecule has 0 spiro atoms. The normalized spacial score (nSPS) is 14.6. The maximum Gasteiger partial charge on any atom is 0.339 e. The van der Waals surface area contributed by atoms with Crippen LogP contribution in [0.5, 0.6) is 5.75 Å². The Labute approximate surface area is 178 Å². The summed E-state index contributed by atoms with van der Waals surface area (Å²) < 4.78 is 11.5. The number of amides is 1. The molecule has 7 heteroatoms. The molecule has 0 saturated heterocycles. The van der Waals surface area contributed by atoms with E-state index in [9.17, 15) is 19.5 Å². The van der Waals surface area contributed by atoms with Gasteiger partial charge in [-0.1, -0.05) is 30.3 Å². The molecule has 0 radical (unpaired) electrons. The lowest BCUT2D eigenvalue weighted by Crippen LogP contribution is -2.45. The Bertz CT molecular complexity index is 1210. The number of nitrogens with one attached hydrogen (secondary N) is 1. The highest BCUT2D eigenvalue weighted by molar-refractivity contribution is 5.90. The molecule has 1 N–H and O–H groups in total. The molecular weight excluding hydrogens is 398 g/mol. The summed E-state index contributed by atoms with van der Waals surface area (Å²) in [6.45, 7) is 3.38. The molecule has 0 aliphatic heterocycles. The monoisotopic (exact) mass is 420 g/mol. The minimum absolute atomic E-state index is 0.331. The second-order valence-corrected chi connectivity index (χ2v) is 7.77. The predicted molar refractivity (Wildman–Crippen MR) is 112 cm³/mol. The van der Waals surface area contributed by atoms with Crippen molar-refractivity contribution >= 4 is 22.8 Å². The molecule has 7 nitrogen and oxygen atoms in total. The van der Waals surface area contributed by atoms with Crippen molar-refractivity contribution in [1.82, 2.24) is 5.32 Å². The fourth-order valence-electron chi connectivity index (χ4n) is 4.03. The van der Waals surface area contributed by atoms with E-state index in [0.29, 0.717) is 34.3 Å². The van der Waals surface area contributed by atoms with Crippen LogP contribution in [0.15, 0.2) is 51.7 Å². The van der Waals surface area contributed by atoms with E-state index in [1.54, 1.807) is 49.4 Å². The van der Waals surface area contributed by atoms with Crippen LogP contribution in [0.3, 0.4) is 0 Å². The first kappa shape index (κ1) is 20.7. The van der Waals surface area contributed by atoms with Gasteiger partial charge in [0, 0.05) is 5.56 Å². The topological polar surface area (TPSA) is 109 Å². The molecule has 1 aromatic heterocycles. The third kappa shape index (κ3) is 4.03. The summed E-state index contributed by atoms with van der Waals surface area (Å²) in [7, 11) is 0. The molecule has 3 aromatic rings. The second kappa shape index (κ2) is 8.26. The van der Waals surface area contributed by atoms with E-state index in [2.05, 4.69) is 5.32 Å². The highest BCUT2D eigenvalue weighted by atomic mass is 16.5. The Hall–Kier alpha value is -3.61. The van der Waals surface area contributed by atoms with Crippen LogP contribution in [-0.4, -0.2) is 18.0 Å². The summed E-state index contributed by atoms with van der Waals surface area (Å²) in [5.41, 5.74) is 2.86. The van der Waals surface area contributed by atoms with Crippen molar-refractivity contribution in [1.29, 1.82) is 0 Å². The fourth-order valence-corrected chi connectivity index (χ4v) is 4.03. The van der Waals surface area contributed by atoms with Gasteiger partial charge in [0.25, 0.3) is 5.91 Å². The average molecular weight is 420 g/mol. The van der Waals surface area contributed by atoms with Crippen LogP contribution in [0.4, 0.5) is 0 Å². The van der Waals surface area contributed by atoms with Crippen molar-refractivity contribution in [3.63, 3.8) is 0 Å². The number of rotatable bonds is 6. The lowest BCUT2D eigenvalue weighted by atomic mass is 10.0. The minimum Gasteiger partial charge on any atom is -0.548 e. The van der Waals surface area contributed by atoms with Crippen LogP contribution in [0, 0.1) is 6.92 Å². The molecule has 1 amide bonds. The van der Waals surface area contributed by atoms with Crippen molar-refractivity contribution in [3.05, 3.63) is 75.1 Å². The first-order chi connectivity index (χ1) is 14.8. The number of hydrogen-bond acceptors (Lipinski definition) is 6. The third-order valence-electron chi connectivity index (χ3n) is 5.51. The van der Waals surface area contributed by atoms with E-state index < -0.39 is 24.0 Å². The molecule has 4 rings (SSSR count). The number of ether oxygens (including phenoxy) is 1. The molecule has 0 bridgehead atoms. The Morgan fingerprint density at radius 3 is 2.55 bits per heavy atom. The number of aliphatic carboxylic acids is 1. The van der Waals surface area contributed by atoms with Crippen LogP contribution in [0.1, 0.15) is 41.6 Å². The summed E-state index contributed by atoms with van der Waals surface area (Å²) >= 11 is 0. The maximum absolute atomic E-state index is 12.7. The Morgan fingerprint density at radius 1 is 1.13 bits per heavy atom. The van der Waals surface area contributed by atoms with E-state index in [-0.39, 0.29) is 5.63 Å². The number of fused-ring (bicyclic) bond motifs is 3. The second-order valence-electron chi connectivity index (χ2n) is 7.77. The van der Waals surface area contributed by atoms with Crippen molar-refractivity contribution < 1.29 is 23.8 Å². The average Bonchev–Trinajstić information content (AvgIpc) is 3.22. The molecule has 0 fully saturated rings. The van der Waals surface area contributed by atoms with Crippen molar-refractivity contribution in [3.8, 4) is 5.75 Å². The molecule has 160 valence electrons. The highest BCUT2D eigenvalue weighted by Crippen LogP contribution is 2.35. The third-order valence-corrected chi connectivity index (χ3v) is 5.51. The molecular formula is C24H22NO6-. The number of aryl methyl sites for hydroxylation is 2. The number of carbonyl (C=O) groups excluding carboxylic acids is 2. The van der Waals surface area contributed by atoms with Gasteiger partial charge in [-0.05, 0) is 61.9 Å². The molecule has 31 heavy (non-hydrogen) atoms. The van der Waals surface area contributed by atoms with Gasteiger partial charge in [0.05, 0.1) is 17.4 Å². The Balaban J connectivity index is 1.63. The summed E-state index contributed by atoms with van der Waals surface area (Å²) in [5.74, 6) is -1.57. The first-order valence-corrected chi connectivity index (χ1v) is 10.2. The van der Waals surface area contributed by atoms with Crippen molar-refractivity contribution in [2.45, 2.75) is 45.3 Å². The van der Waals surface area contributed by atoms with E-state index in [0.717, 1.165) is 24.0 Å². The molecule has 0 unspecified atom stereocenters. The lowest BCUT2D eigenvalue weighted by Gasteiger charge is -2.23. The van der Waals surface area contributed by atoms with Crippen LogP contribution < -0.4 is 20.8 Å². The summed E-state index contributed by atoms with van der Waals surface area (Å²) in [6, 6.07) is 10.6. The smallest absolute Gasteiger partial charge is 0.339 e. The van der Waals surface area contributed by atoms with E-state index in [4.69, 9.17) is 9.15 Å². The molecule has 1 aliphatic carbocycles.